The third-order valence-corrected chi connectivity index (χ3v) is 8.22. The lowest BCUT2D eigenvalue weighted by molar-refractivity contribution is 0.122. The second-order valence-electron chi connectivity index (χ2n) is 11.0. The molecule has 4 aliphatic rings. The third kappa shape index (κ3) is 6.88. The van der Waals surface area contributed by atoms with Gasteiger partial charge in [-0.1, -0.05) is 27.0 Å². The minimum Gasteiger partial charge on any atom is -0.508 e. The van der Waals surface area contributed by atoms with E-state index in [-0.39, 0.29) is 26.4 Å². The molecule has 0 saturated carbocycles. The van der Waals surface area contributed by atoms with Gasteiger partial charge in [-0.05, 0) is 59.7 Å². The minimum absolute atomic E-state index is 0. The van der Waals surface area contributed by atoms with Crippen molar-refractivity contribution in [3.63, 3.8) is 0 Å². The Bertz CT molecular complexity index is 1600. The number of aromatic nitrogens is 2. The van der Waals surface area contributed by atoms with E-state index in [2.05, 4.69) is 41.9 Å². The van der Waals surface area contributed by atoms with Crippen molar-refractivity contribution in [1.82, 2.24) is 9.97 Å². The van der Waals surface area contributed by atoms with Crippen LogP contribution >= 0.6 is 0 Å². The van der Waals surface area contributed by atoms with Crippen LogP contribution in [0, 0.1) is 0 Å². The van der Waals surface area contributed by atoms with Crippen LogP contribution < -0.4 is 9.80 Å². The number of aromatic hydroxyl groups is 2. The van der Waals surface area contributed by atoms with E-state index in [4.69, 9.17) is 9.47 Å². The normalized spacial score (nSPS) is 16.5. The summed E-state index contributed by atoms with van der Waals surface area (Å²) in [5.74, 6) is 2.46. The molecule has 2 fully saturated rings. The van der Waals surface area contributed by atoms with Crippen LogP contribution in [0.5, 0.6) is 11.5 Å². The Balaban J connectivity index is 0.000000174. The molecular formula is C36H42N6O4. The van der Waals surface area contributed by atoms with Gasteiger partial charge in [-0.15, -0.1) is 0 Å². The van der Waals surface area contributed by atoms with Crippen molar-refractivity contribution in [1.29, 1.82) is 0 Å². The van der Waals surface area contributed by atoms with E-state index in [1.807, 2.05) is 36.7 Å². The number of hydrogen-bond donors (Lipinski definition) is 2. The van der Waals surface area contributed by atoms with E-state index in [9.17, 15) is 10.2 Å². The molecule has 46 heavy (non-hydrogen) atoms. The van der Waals surface area contributed by atoms with Crippen molar-refractivity contribution in [3.8, 4) is 11.5 Å². The number of benzene rings is 2. The fourth-order valence-electron chi connectivity index (χ4n) is 5.90. The van der Waals surface area contributed by atoms with Crippen molar-refractivity contribution in [2.75, 3.05) is 62.4 Å². The Morgan fingerprint density at radius 3 is 1.37 bits per heavy atom. The Morgan fingerprint density at radius 2 is 0.957 bits per heavy atom. The molecule has 0 bridgehead atoms. The second-order valence-corrected chi connectivity index (χ2v) is 11.0. The summed E-state index contributed by atoms with van der Waals surface area (Å²) >= 11 is 0. The number of anilines is 2. The lowest BCUT2D eigenvalue weighted by Crippen LogP contribution is -2.36. The molecule has 2 saturated heterocycles. The molecule has 10 heteroatoms. The van der Waals surface area contributed by atoms with Gasteiger partial charge in [0, 0.05) is 60.8 Å². The molecule has 0 spiro atoms. The maximum absolute atomic E-state index is 9.73. The molecule has 0 radical (unpaired) electrons. The van der Waals surface area contributed by atoms with Gasteiger partial charge in [-0.3, -0.25) is 9.98 Å². The predicted molar refractivity (Wildman–Crippen MR) is 183 cm³/mol. The number of fused-ring (bicyclic) bond motifs is 2. The molecule has 0 unspecified atom stereocenters. The van der Waals surface area contributed by atoms with E-state index in [1.54, 1.807) is 24.3 Å². The maximum atomic E-state index is 9.73. The fourth-order valence-corrected chi connectivity index (χ4v) is 5.90. The van der Waals surface area contributed by atoms with Gasteiger partial charge < -0.3 is 29.5 Å². The maximum Gasteiger partial charge on any atom is 0.129 e. The molecule has 4 aromatic rings. The lowest BCUT2D eigenvalue weighted by Gasteiger charge is -2.28. The third-order valence-electron chi connectivity index (χ3n) is 8.22. The molecule has 0 atom stereocenters. The zero-order chi connectivity index (χ0) is 29.9. The second kappa shape index (κ2) is 14.5. The summed E-state index contributed by atoms with van der Waals surface area (Å²) in [4.78, 5) is 22.7. The lowest BCUT2D eigenvalue weighted by atomic mass is 10.0. The summed E-state index contributed by atoms with van der Waals surface area (Å²) < 4.78 is 10.8. The number of phenols is 2. The number of rotatable bonds is 4. The molecule has 2 aromatic heterocycles. The van der Waals surface area contributed by atoms with E-state index in [1.165, 1.54) is 0 Å². The largest absolute Gasteiger partial charge is 0.508 e. The first-order valence-electron chi connectivity index (χ1n) is 14.9. The van der Waals surface area contributed by atoms with Crippen LogP contribution in [-0.2, 0) is 22.6 Å². The fraction of sp³-hybridized carbons (Fsp3) is 0.333. The van der Waals surface area contributed by atoms with Gasteiger partial charge in [-0.25, -0.2) is 9.97 Å². The first-order chi connectivity index (χ1) is 21.6. The average Bonchev–Trinajstić information content (AvgIpc) is 3.70. The van der Waals surface area contributed by atoms with Gasteiger partial charge in [0.1, 0.15) is 23.1 Å². The Kier molecular flexibility index (Phi) is 10.3. The summed E-state index contributed by atoms with van der Waals surface area (Å²) in [6.07, 6.45) is 3.65. The van der Waals surface area contributed by atoms with Crippen molar-refractivity contribution in [2.24, 2.45) is 9.98 Å². The molecule has 6 heterocycles. The van der Waals surface area contributed by atoms with Crippen LogP contribution in [-0.4, -0.2) is 84.2 Å². The first-order valence-corrected chi connectivity index (χ1v) is 14.9. The smallest absolute Gasteiger partial charge is 0.129 e. The van der Waals surface area contributed by atoms with E-state index >= 15 is 0 Å². The molecule has 240 valence electrons. The van der Waals surface area contributed by atoms with Gasteiger partial charge in [-0.2, -0.15) is 0 Å². The number of ether oxygens (including phenoxy) is 2. The van der Waals surface area contributed by atoms with Crippen molar-refractivity contribution >= 4 is 23.1 Å². The highest BCUT2D eigenvalue weighted by Crippen LogP contribution is 2.29. The summed E-state index contributed by atoms with van der Waals surface area (Å²) in [5.41, 5.74) is 8.28. The molecular weight excluding hydrogens is 580 g/mol. The molecule has 2 aromatic carbocycles. The van der Waals surface area contributed by atoms with Crippen LogP contribution in [0.4, 0.5) is 11.6 Å². The standard InChI is InChI=1S/2C17H17N3O2.2CH4/c2*21-14-2-1-13-11-19-17(15(13)10-14)12-3-4-18-16(9-12)20-5-7-22-8-6-20;;/h2*1-4,9-10,21H,5-8,11H2;2*1H4. The van der Waals surface area contributed by atoms with Gasteiger partial charge >= 0.3 is 0 Å². The van der Waals surface area contributed by atoms with Crippen LogP contribution in [0.25, 0.3) is 0 Å². The van der Waals surface area contributed by atoms with Crippen LogP contribution in [0.1, 0.15) is 48.2 Å². The number of hydrogen-bond acceptors (Lipinski definition) is 10. The number of morpholine rings is 2. The molecule has 0 amide bonds. The van der Waals surface area contributed by atoms with Crippen LogP contribution in [0.2, 0.25) is 0 Å². The topological polar surface area (TPSA) is 116 Å². The van der Waals surface area contributed by atoms with Gasteiger partial charge in [0.15, 0.2) is 0 Å². The predicted octanol–water partition coefficient (Wildman–Crippen LogP) is 5.22. The van der Waals surface area contributed by atoms with Gasteiger partial charge in [0.2, 0.25) is 0 Å². The highest BCUT2D eigenvalue weighted by Gasteiger charge is 2.21. The monoisotopic (exact) mass is 622 g/mol. The van der Waals surface area contributed by atoms with Crippen molar-refractivity contribution in [2.45, 2.75) is 27.9 Å². The Morgan fingerprint density at radius 1 is 0.543 bits per heavy atom. The van der Waals surface area contributed by atoms with Crippen LogP contribution in [0.15, 0.2) is 83.0 Å². The zero-order valence-corrected chi connectivity index (χ0v) is 24.4. The highest BCUT2D eigenvalue weighted by atomic mass is 16.5. The SMILES string of the molecule is C.C.Oc1ccc2c(c1)C(c1ccnc(N3CCOCC3)c1)=NC2.Oc1ccc2c(c1)C(c1ccnc(N3CCOCC3)c1)=NC2. The molecule has 0 aliphatic carbocycles. The van der Waals surface area contributed by atoms with E-state index in [0.717, 1.165) is 109 Å². The zero-order valence-electron chi connectivity index (χ0n) is 24.4. The van der Waals surface area contributed by atoms with Gasteiger partial charge in [0.25, 0.3) is 0 Å². The van der Waals surface area contributed by atoms with E-state index < -0.39 is 0 Å². The minimum atomic E-state index is 0. The molecule has 4 aliphatic heterocycles. The molecule has 10 nitrogen and oxygen atoms in total. The van der Waals surface area contributed by atoms with E-state index in [0.29, 0.717) is 13.1 Å². The number of pyridine rings is 2. The highest BCUT2D eigenvalue weighted by molar-refractivity contribution is 6.16. The van der Waals surface area contributed by atoms with Crippen LogP contribution in [0.3, 0.4) is 0 Å². The average molecular weight is 623 g/mol. The van der Waals surface area contributed by atoms with Gasteiger partial charge in [0.05, 0.1) is 50.9 Å². The Labute approximate surface area is 270 Å². The first kappa shape index (κ1) is 32.6. The van der Waals surface area contributed by atoms with Crippen molar-refractivity contribution < 1.29 is 19.7 Å². The number of aliphatic imine (C=N–C) groups is 2. The van der Waals surface area contributed by atoms with Crippen molar-refractivity contribution in [3.05, 3.63) is 106 Å². The molecule has 2 N–H and O–H groups in total. The summed E-state index contributed by atoms with van der Waals surface area (Å²) in [5, 5.41) is 19.5. The quantitative estimate of drug-likeness (QED) is 0.318. The summed E-state index contributed by atoms with van der Waals surface area (Å²) in [6.45, 7) is 7.74. The number of phenolic OH excluding ortho intramolecular Hbond substituents is 2. The summed E-state index contributed by atoms with van der Waals surface area (Å²) in [7, 11) is 0. The summed E-state index contributed by atoms with van der Waals surface area (Å²) in [6, 6.07) is 19.0. The number of nitrogens with zero attached hydrogens (tertiary/aromatic N) is 6. The Hall–Kier alpha value is -4.80. The molecule has 8 rings (SSSR count).